The number of ether oxygens (including phenoxy) is 1. The number of carbonyl (C=O) groups is 1. The zero-order valence-corrected chi connectivity index (χ0v) is 15.8. The number of hydrogen-bond acceptors (Lipinski definition) is 4. The average Bonchev–Trinajstić information content (AvgIpc) is 2.64. The molecule has 0 aliphatic rings. The van der Waals surface area contributed by atoms with Crippen LogP contribution in [-0.2, 0) is 11.2 Å². The average molecular weight is 349 g/mol. The van der Waals surface area contributed by atoms with Crippen LogP contribution >= 0.6 is 0 Å². The highest BCUT2D eigenvalue weighted by Gasteiger charge is 2.04. The third kappa shape index (κ3) is 8.51. The van der Waals surface area contributed by atoms with Gasteiger partial charge in [-0.3, -0.25) is 9.79 Å². The van der Waals surface area contributed by atoms with Crippen molar-refractivity contribution in [3.05, 3.63) is 35.4 Å². The minimum atomic E-state index is -0.0649. The highest BCUT2D eigenvalue weighted by molar-refractivity contribution is 5.94. The van der Waals surface area contributed by atoms with Crippen LogP contribution in [0.25, 0.3) is 0 Å². The Morgan fingerprint density at radius 2 is 2.00 bits per heavy atom. The smallest absolute Gasteiger partial charge is 0.251 e. The maximum absolute atomic E-state index is 11.7. The number of amides is 1. The Labute approximate surface area is 150 Å². The summed E-state index contributed by atoms with van der Waals surface area (Å²) < 4.78 is 5.06. The van der Waals surface area contributed by atoms with E-state index in [1.807, 2.05) is 24.3 Å². The fourth-order valence-corrected chi connectivity index (χ4v) is 2.28. The number of benzene rings is 1. The van der Waals surface area contributed by atoms with Crippen molar-refractivity contribution >= 4 is 11.9 Å². The molecular formula is C18H31N5O2. The summed E-state index contributed by atoms with van der Waals surface area (Å²) in [5.74, 6) is 0.715. The molecule has 25 heavy (non-hydrogen) atoms. The molecule has 0 bridgehead atoms. The van der Waals surface area contributed by atoms with Crippen LogP contribution in [0.4, 0.5) is 0 Å². The maximum Gasteiger partial charge on any atom is 0.251 e. The summed E-state index contributed by atoms with van der Waals surface area (Å²) in [6, 6.07) is 7.66. The Hall–Kier alpha value is -2.12. The highest BCUT2D eigenvalue weighted by atomic mass is 16.5. The summed E-state index contributed by atoms with van der Waals surface area (Å²) >= 11 is 0. The van der Waals surface area contributed by atoms with Crippen LogP contribution < -0.4 is 16.0 Å². The van der Waals surface area contributed by atoms with Crippen molar-refractivity contribution in [2.75, 3.05) is 61.0 Å². The first-order valence-electron chi connectivity index (χ1n) is 8.53. The number of carbonyl (C=O) groups excluding carboxylic acids is 1. The van der Waals surface area contributed by atoms with E-state index in [2.05, 4.69) is 32.9 Å². The van der Waals surface area contributed by atoms with E-state index in [0.717, 1.165) is 50.7 Å². The van der Waals surface area contributed by atoms with Crippen molar-refractivity contribution in [2.45, 2.75) is 6.42 Å². The van der Waals surface area contributed by atoms with Crippen molar-refractivity contribution in [1.29, 1.82) is 0 Å². The Morgan fingerprint density at radius 1 is 1.24 bits per heavy atom. The molecule has 3 N–H and O–H groups in total. The molecule has 0 spiro atoms. The van der Waals surface area contributed by atoms with E-state index in [1.54, 1.807) is 21.2 Å². The van der Waals surface area contributed by atoms with Gasteiger partial charge in [0.2, 0.25) is 0 Å². The zero-order valence-electron chi connectivity index (χ0n) is 15.8. The van der Waals surface area contributed by atoms with Gasteiger partial charge in [-0.2, -0.15) is 0 Å². The van der Waals surface area contributed by atoms with Gasteiger partial charge in [0.25, 0.3) is 5.91 Å². The molecule has 0 unspecified atom stereocenters. The summed E-state index contributed by atoms with van der Waals surface area (Å²) in [5.41, 5.74) is 1.80. The first-order valence-corrected chi connectivity index (χ1v) is 8.53. The van der Waals surface area contributed by atoms with E-state index in [-0.39, 0.29) is 5.91 Å². The molecule has 1 aromatic carbocycles. The van der Waals surface area contributed by atoms with E-state index in [4.69, 9.17) is 4.74 Å². The zero-order chi connectivity index (χ0) is 18.5. The summed E-state index contributed by atoms with van der Waals surface area (Å²) in [4.78, 5) is 18.1. The second-order valence-corrected chi connectivity index (χ2v) is 5.75. The van der Waals surface area contributed by atoms with E-state index >= 15 is 0 Å². The standard InChI is InChI=1S/C18H31N5O2/c1-19-17(24)16-7-5-6-15(14-16)8-9-21-18(20-2)22-10-11-23(3)12-13-25-4/h5-7,14H,8-13H2,1-4H3,(H,19,24)(H2,20,21,22). The monoisotopic (exact) mass is 349 g/mol. The predicted molar refractivity (Wildman–Crippen MR) is 102 cm³/mol. The lowest BCUT2D eigenvalue weighted by Crippen LogP contribution is -2.42. The van der Waals surface area contributed by atoms with Crippen LogP contribution in [0.15, 0.2) is 29.3 Å². The number of nitrogens with one attached hydrogen (secondary N) is 3. The van der Waals surface area contributed by atoms with Gasteiger partial charge in [-0.05, 0) is 31.2 Å². The minimum Gasteiger partial charge on any atom is -0.383 e. The number of likely N-dealkylation sites (N-methyl/N-ethyl adjacent to an activating group) is 1. The second-order valence-electron chi connectivity index (χ2n) is 5.75. The normalized spacial score (nSPS) is 11.5. The lowest BCUT2D eigenvalue weighted by molar-refractivity contribution is 0.0963. The maximum atomic E-state index is 11.7. The molecule has 0 aromatic heterocycles. The number of aliphatic imine (C=N–C) groups is 1. The molecule has 0 aliphatic carbocycles. The van der Waals surface area contributed by atoms with Crippen molar-refractivity contribution < 1.29 is 9.53 Å². The predicted octanol–water partition coefficient (Wildman–Crippen LogP) is 0.332. The van der Waals surface area contributed by atoms with E-state index in [0.29, 0.717) is 5.56 Å². The molecule has 0 aliphatic heterocycles. The van der Waals surface area contributed by atoms with Crippen molar-refractivity contribution in [2.24, 2.45) is 4.99 Å². The summed E-state index contributed by atoms with van der Waals surface area (Å²) in [6.45, 7) is 4.12. The number of guanidine groups is 1. The van der Waals surface area contributed by atoms with Crippen LogP contribution in [0.2, 0.25) is 0 Å². The molecule has 0 atom stereocenters. The Bertz CT molecular complexity index is 548. The largest absolute Gasteiger partial charge is 0.383 e. The quantitative estimate of drug-likeness (QED) is 0.419. The van der Waals surface area contributed by atoms with Crippen LogP contribution in [-0.4, -0.2) is 77.8 Å². The minimum absolute atomic E-state index is 0.0649. The fraction of sp³-hybridized carbons (Fsp3) is 0.556. The Morgan fingerprint density at radius 3 is 2.68 bits per heavy atom. The summed E-state index contributed by atoms with van der Waals surface area (Å²) in [6.07, 6.45) is 0.819. The first kappa shape index (κ1) is 20.9. The third-order valence-corrected chi connectivity index (χ3v) is 3.81. The highest BCUT2D eigenvalue weighted by Crippen LogP contribution is 2.05. The number of hydrogen-bond donors (Lipinski definition) is 3. The van der Waals surface area contributed by atoms with Crippen LogP contribution in [0.5, 0.6) is 0 Å². The Balaban J connectivity index is 2.32. The molecule has 0 radical (unpaired) electrons. The Kier molecular flexibility index (Phi) is 10.3. The van der Waals surface area contributed by atoms with Crippen molar-refractivity contribution in [1.82, 2.24) is 20.9 Å². The molecule has 0 heterocycles. The van der Waals surface area contributed by atoms with E-state index in [1.165, 1.54) is 0 Å². The molecular weight excluding hydrogens is 318 g/mol. The number of rotatable bonds is 10. The molecule has 1 amide bonds. The van der Waals surface area contributed by atoms with Gasteiger partial charge in [0.1, 0.15) is 0 Å². The third-order valence-electron chi connectivity index (χ3n) is 3.81. The van der Waals surface area contributed by atoms with E-state index < -0.39 is 0 Å². The molecule has 0 saturated carbocycles. The van der Waals surface area contributed by atoms with Gasteiger partial charge < -0.3 is 25.6 Å². The van der Waals surface area contributed by atoms with Gasteiger partial charge in [0.15, 0.2) is 5.96 Å². The fourth-order valence-electron chi connectivity index (χ4n) is 2.28. The van der Waals surface area contributed by atoms with E-state index in [9.17, 15) is 4.79 Å². The van der Waals surface area contributed by atoms with Crippen LogP contribution in [0.3, 0.4) is 0 Å². The molecule has 1 rings (SSSR count). The number of methoxy groups -OCH3 is 1. The molecule has 7 heteroatoms. The molecule has 7 nitrogen and oxygen atoms in total. The van der Waals surface area contributed by atoms with Gasteiger partial charge in [-0.15, -0.1) is 0 Å². The van der Waals surface area contributed by atoms with Gasteiger partial charge in [-0.25, -0.2) is 0 Å². The lowest BCUT2D eigenvalue weighted by atomic mass is 10.1. The summed E-state index contributed by atoms with van der Waals surface area (Å²) in [5, 5.41) is 9.23. The molecule has 1 aromatic rings. The SMILES string of the molecule is CN=C(NCCc1cccc(C(=O)NC)c1)NCCN(C)CCOC. The molecule has 0 saturated heterocycles. The van der Waals surface area contributed by atoms with Crippen molar-refractivity contribution in [3.8, 4) is 0 Å². The number of nitrogens with zero attached hydrogens (tertiary/aromatic N) is 2. The molecule has 140 valence electrons. The molecule has 0 fully saturated rings. The first-order chi connectivity index (χ1) is 12.1. The van der Waals surface area contributed by atoms with Crippen LogP contribution in [0.1, 0.15) is 15.9 Å². The van der Waals surface area contributed by atoms with Gasteiger partial charge in [0.05, 0.1) is 6.61 Å². The van der Waals surface area contributed by atoms with Gasteiger partial charge in [0, 0.05) is 52.9 Å². The van der Waals surface area contributed by atoms with Gasteiger partial charge in [-0.1, -0.05) is 12.1 Å². The lowest BCUT2D eigenvalue weighted by Gasteiger charge is -2.17. The second kappa shape index (κ2) is 12.3. The van der Waals surface area contributed by atoms with Crippen LogP contribution in [0, 0.1) is 0 Å². The van der Waals surface area contributed by atoms with Gasteiger partial charge >= 0.3 is 0 Å². The van der Waals surface area contributed by atoms with Crippen molar-refractivity contribution in [3.63, 3.8) is 0 Å². The topological polar surface area (TPSA) is 78.0 Å². The summed E-state index contributed by atoms with van der Waals surface area (Å²) in [7, 11) is 7.17.